The van der Waals surface area contributed by atoms with Gasteiger partial charge in [-0.25, -0.2) is 9.18 Å². The number of piperazine rings is 1. The van der Waals surface area contributed by atoms with E-state index in [9.17, 15) is 9.18 Å². The molecule has 5 nitrogen and oxygen atoms in total. The van der Waals surface area contributed by atoms with Gasteiger partial charge in [0.1, 0.15) is 18.2 Å². The van der Waals surface area contributed by atoms with E-state index in [1.54, 1.807) is 17.0 Å². The molecule has 0 unspecified atom stereocenters. The Balaban J connectivity index is 1.38. The molecule has 138 valence electrons. The second kappa shape index (κ2) is 8.76. The van der Waals surface area contributed by atoms with E-state index in [1.165, 1.54) is 12.1 Å². The Hall–Kier alpha value is -2.47. The first-order valence-corrected chi connectivity index (χ1v) is 8.92. The van der Waals surface area contributed by atoms with Gasteiger partial charge in [0, 0.05) is 26.2 Å². The number of carbonyl (C=O) groups excluding carboxylic acids is 1. The Labute approximate surface area is 157 Å². The predicted octanol–water partition coefficient (Wildman–Crippen LogP) is 3.39. The van der Waals surface area contributed by atoms with Crippen molar-refractivity contribution >= 4 is 23.3 Å². The van der Waals surface area contributed by atoms with Gasteiger partial charge in [-0.15, -0.1) is 0 Å². The fourth-order valence-electron chi connectivity index (χ4n) is 2.83. The Morgan fingerprint density at radius 3 is 2.46 bits per heavy atom. The minimum atomic E-state index is -0.304. The normalized spacial score (nSPS) is 14.2. The van der Waals surface area contributed by atoms with Crippen LogP contribution in [0.4, 0.5) is 14.9 Å². The number of rotatable bonds is 5. The third kappa shape index (κ3) is 4.79. The van der Waals surface area contributed by atoms with Crippen LogP contribution in [0.1, 0.15) is 0 Å². The van der Waals surface area contributed by atoms with E-state index in [2.05, 4.69) is 10.2 Å². The summed E-state index contributed by atoms with van der Waals surface area (Å²) in [5, 5.41) is 3.57. The number of nitrogens with one attached hydrogen (secondary N) is 1. The van der Waals surface area contributed by atoms with Crippen molar-refractivity contribution in [1.29, 1.82) is 0 Å². The highest BCUT2D eigenvalue weighted by Crippen LogP contribution is 2.25. The molecular formula is C19H21ClFN3O2. The molecule has 0 aliphatic carbocycles. The lowest BCUT2D eigenvalue weighted by Crippen LogP contribution is -2.52. The molecule has 3 rings (SSSR count). The molecule has 2 aromatic carbocycles. The zero-order valence-electron chi connectivity index (χ0n) is 14.3. The molecule has 7 heteroatoms. The van der Waals surface area contributed by atoms with Crippen LogP contribution >= 0.6 is 11.6 Å². The van der Waals surface area contributed by atoms with Gasteiger partial charge in [-0.2, -0.15) is 0 Å². The SMILES string of the molecule is O=C(NCCOc1ccc(F)cc1)N1CCN(c2ccccc2Cl)CC1. The molecule has 1 N–H and O–H groups in total. The first kappa shape index (κ1) is 18.3. The van der Waals surface area contributed by atoms with Crippen molar-refractivity contribution in [3.63, 3.8) is 0 Å². The Morgan fingerprint density at radius 2 is 1.77 bits per heavy atom. The maximum Gasteiger partial charge on any atom is 0.317 e. The van der Waals surface area contributed by atoms with Crippen LogP contribution in [0.15, 0.2) is 48.5 Å². The van der Waals surface area contributed by atoms with Gasteiger partial charge in [-0.1, -0.05) is 23.7 Å². The van der Waals surface area contributed by atoms with E-state index in [4.69, 9.17) is 16.3 Å². The number of carbonyl (C=O) groups is 1. The molecule has 0 saturated carbocycles. The van der Waals surface area contributed by atoms with Crippen LogP contribution in [-0.2, 0) is 0 Å². The summed E-state index contributed by atoms with van der Waals surface area (Å²) in [6, 6.07) is 13.4. The van der Waals surface area contributed by atoms with E-state index in [0.29, 0.717) is 32.0 Å². The maximum absolute atomic E-state index is 12.8. The number of nitrogens with zero attached hydrogens (tertiary/aromatic N) is 2. The number of ether oxygens (including phenoxy) is 1. The molecule has 2 amide bonds. The van der Waals surface area contributed by atoms with Crippen LogP contribution in [-0.4, -0.2) is 50.3 Å². The summed E-state index contributed by atoms with van der Waals surface area (Å²) < 4.78 is 18.3. The quantitative estimate of drug-likeness (QED) is 0.812. The number of halogens is 2. The number of amides is 2. The second-order valence-corrected chi connectivity index (χ2v) is 6.37. The number of anilines is 1. The summed E-state index contributed by atoms with van der Waals surface area (Å²) in [5.74, 6) is 0.274. The first-order chi connectivity index (χ1) is 12.6. The topological polar surface area (TPSA) is 44.8 Å². The summed E-state index contributed by atoms with van der Waals surface area (Å²) in [7, 11) is 0. The monoisotopic (exact) mass is 377 g/mol. The van der Waals surface area contributed by atoms with E-state index in [1.807, 2.05) is 24.3 Å². The molecule has 0 atom stereocenters. The van der Waals surface area contributed by atoms with Gasteiger partial charge < -0.3 is 19.9 Å². The van der Waals surface area contributed by atoms with E-state index < -0.39 is 0 Å². The lowest BCUT2D eigenvalue weighted by atomic mass is 10.2. The molecule has 1 heterocycles. The highest BCUT2D eigenvalue weighted by molar-refractivity contribution is 6.33. The summed E-state index contributed by atoms with van der Waals surface area (Å²) >= 11 is 6.23. The van der Waals surface area contributed by atoms with E-state index in [0.717, 1.165) is 23.8 Å². The molecule has 0 radical (unpaired) electrons. The molecule has 1 saturated heterocycles. The van der Waals surface area contributed by atoms with Crippen LogP contribution in [0.5, 0.6) is 5.75 Å². The van der Waals surface area contributed by atoms with Gasteiger partial charge >= 0.3 is 6.03 Å². The van der Waals surface area contributed by atoms with E-state index in [-0.39, 0.29) is 11.8 Å². The summed E-state index contributed by atoms with van der Waals surface area (Å²) in [6.07, 6.45) is 0. The zero-order chi connectivity index (χ0) is 18.4. The van der Waals surface area contributed by atoms with Crippen molar-refractivity contribution in [2.24, 2.45) is 0 Å². The van der Waals surface area contributed by atoms with Gasteiger partial charge in [-0.3, -0.25) is 0 Å². The average molecular weight is 378 g/mol. The zero-order valence-corrected chi connectivity index (χ0v) is 15.1. The standard InChI is InChI=1S/C19H21ClFN3O2/c20-17-3-1-2-4-18(17)23-10-12-24(13-11-23)19(25)22-9-14-26-16-7-5-15(21)6-8-16/h1-8H,9-14H2,(H,22,25). The molecule has 1 aliphatic rings. The van der Waals surface area contributed by atoms with E-state index >= 15 is 0 Å². The number of hydrogen-bond acceptors (Lipinski definition) is 3. The lowest BCUT2D eigenvalue weighted by molar-refractivity contribution is 0.191. The number of urea groups is 1. The van der Waals surface area contributed by atoms with Crippen molar-refractivity contribution < 1.29 is 13.9 Å². The highest BCUT2D eigenvalue weighted by Gasteiger charge is 2.21. The third-order valence-corrected chi connectivity index (χ3v) is 4.54. The number of para-hydroxylation sites is 1. The molecule has 1 fully saturated rings. The minimum Gasteiger partial charge on any atom is -0.492 e. The van der Waals surface area contributed by atoms with Crippen LogP contribution in [0.25, 0.3) is 0 Å². The summed E-state index contributed by atoms with van der Waals surface area (Å²) in [6.45, 7) is 3.47. The number of hydrogen-bond donors (Lipinski definition) is 1. The van der Waals surface area contributed by atoms with Gasteiger partial charge in [0.2, 0.25) is 0 Å². The van der Waals surface area contributed by atoms with Crippen molar-refractivity contribution in [2.45, 2.75) is 0 Å². The molecule has 0 bridgehead atoms. The van der Waals surface area contributed by atoms with Crippen molar-refractivity contribution in [3.05, 3.63) is 59.4 Å². The Bertz CT molecular complexity index is 734. The van der Waals surface area contributed by atoms with Crippen LogP contribution in [0, 0.1) is 5.82 Å². The molecular weight excluding hydrogens is 357 g/mol. The van der Waals surface area contributed by atoms with Gasteiger partial charge in [0.05, 0.1) is 17.3 Å². The molecule has 1 aliphatic heterocycles. The maximum atomic E-state index is 12.8. The van der Waals surface area contributed by atoms with Crippen molar-refractivity contribution in [1.82, 2.24) is 10.2 Å². The largest absolute Gasteiger partial charge is 0.492 e. The first-order valence-electron chi connectivity index (χ1n) is 8.54. The van der Waals surface area contributed by atoms with Gasteiger partial charge in [-0.05, 0) is 36.4 Å². The second-order valence-electron chi connectivity index (χ2n) is 5.96. The smallest absolute Gasteiger partial charge is 0.317 e. The fourth-order valence-corrected chi connectivity index (χ4v) is 3.08. The molecule has 26 heavy (non-hydrogen) atoms. The van der Waals surface area contributed by atoms with Gasteiger partial charge in [0.25, 0.3) is 0 Å². The molecule has 2 aromatic rings. The minimum absolute atomic E-state index is 0.105. The fraction of sp³-hybridized carbons (Fsp3) is 0.316. The highest BCUT2D eigenvalue weighted by atomic mass is 35.5. The average Bonchev–Trinajstić information content (AvgIpc) is 2.67. The number of benzene rings is 2. The summed E-state index contributed by atoms with van der Waals surface area (Å²) in [5.41, 5.74) is 1.00. The van der Waals surface area contributed by atoms with Gasteiger partial charge in [0.15, 0.2) is 0 Å². The molecule has 0 spiro atoms. The third-order valence-electron chi connectivity index (χ3n) is 4.22. The Morgan fingerprint density at radius 1 is 1.08 bits per heavy atom. The summed E-state index contributed by atoms with van der Waals surface area (Å²) in [4.78, 5) is 16.2. The van der Waals surface area contributed by atoms with Crippen LogP contribution in [0.2, 0.25) is 5.02 Å². The van der Waals surface area contributed by atoms with Crippen molar-refractivity contribution in [3.8, 4) is 5.75 Å². The van der Waals surface area contributed by atoms with Crippen molar-refractivity contribution in [2.75, 3.05) is 44.2 Å². The van der Waals surface area contributed by atoms with Crippen LogP contribution in [0.3, 0.4) is 0 Å². The predicted molar refractivity (Wildman–Crippen MR) is 101 cm³/mol. The van der Waals surface area contributed by atoms with Crippen LogP contribution < -0.4 is 15.0 Å². The molecule has 0 aromatic heterocycles. The Kier molecular flexibility index (Phi) is 6.17. The lowest BCUT2D eigenvalue weighted by Gasteiger charge is -2.36.